The number of sulfonamides is 1. The number of alkyl halides is 1. The monoisotopic (exact) mass is 345 g/mol. The SMILES string of the molecule is Cc1cc(S(=O)(=O)N(C)C(C)CBr)sc1Cl. The molecule has 0 aliphatic heterocycles. The fourth-order valence-corrected chi connectivity index (χ4v) is 4.92. The number of thiophene rings is 1. The van der Waals surface area contributed by atoms with Crippen LogP contribution in [-0.2, 0) is 10.0 Å². The van der Waals surface area contributed by atoms with Gasteiger partial charge in [-0.05, 0) is 25.5 Å². The molecule has 3 nitrogen and oxygen atoms in total. The van der Waals surface area contributed by atoms with Gasteiger partial charge in [0.15, 0.2) is 0 Å². The fraction of sp³-hybridized carbons (Fsp3) is 0.556. The molecule has 1 unspecified atom stereocenters. The lowest BCUT2D eigenvalue weighted by Gasteiger charge is -2.21. The molecule has 0 saturated heterocycles. The third kappa shape index (κ3) is 2.79. The van der Waals surface area contributed by atoms with Gasteiger partial charge in [-0.25, -0.2) is 8.42 Å². The Kier molecular flexibility index (Phi) is 4.83. The van der Waals surface area contributed by atoms with Crippen molar-refractivity contribution in [2.75, 3.05) is 12.4 Å². The lowest BCUT2D eigenvalue weighted by Crippen LogP contribution is -2.35. The maximum atomic E-state index is 12.2. The molecule has 0 saturated carbocycles. The van der Waals surface area contributed by atoms with Gasteiger partial charge >= 0.3 is 0 Å². The highest BCUT2D eigenvalue weighted by atomic mass is 79.9. The van der Waals surface area contributed by atoms with E-state index < -0.39 is 10.0 Å². The first-order valence-corrected chi connectivity index (χ1v) is 8.36. The molecule has 0 N–H and O–H groups in total. The van der Waals surface area contributed by atoms with Crippen molar-refractivity contribution >= 4 is 48.9 Å². The molecule has 92 valence electrons. The summed E-state index contributed by atoms with van der Waals surface area (Å²) in [6.07, 6.45) is 0. The van der Waals surface area contributed by atoms with Gasteiger partial charge in [-0.3, -0.25) is 0 Å². The Morgan fingerprint density at radius 2 is 2.19 bits per heavy atom. The van der Waals surface area contributed by atoms with Crippen LogP contribution in [-0.4, -0.2) is 31.1 Å². The van der Waals surface area contributed by atoms with Crippen LogP contribution in [0.3, 0.4) is 0 Å². The largest absolute Gasteiger partial charge is 0.252 e. The predicted molar refractivity (Wildman–Crippen MR) is 72.3 cm³/mol. The van der Waals surface area contributed by atoms with Crippen LogP contribution in [0.15, 0.2) is 10.3 Å². The number of hydrogen-bond acceptors (Lipinski definition) is 3. The van der Waals surface area contributed by atoms with Crippen molar-refractivity contribution in [2.45, 2.75) is 24.1 Å². The molecule has 16 heavy (non-hydrogen) atoms. The highest BCUT2D eigenvalue weighted by Gasteiger charge is 2.26. The predicted octanol–water partition coefficient (Wildman–Crippen LogP) is 3.11. The molecule has 0 aliphatic carbocycles. The van der Waals surface area contributed by atoms with E-state index in [1.807, 2.05) is 6.92 Å². The molecule has 0 aliphatic rings. The van der Waals surface area contributed by atoms with E-state index in [2.05, 4.69) is 15.9 Å². The minimum absolute atomic E-state index is 0.0915. The standard InChI is InChI=1S/C9H13BrClNO2S2/c1-6-4-8(15-9(6)11)16(13,14)12(3)7(2)5-10/h4,7H,5H2,1-3H3. The summed E-state index contributed by atoms with van der Waals surface area (Å²) in [5.41, 5.74) is 0.796. The second-order valence-corrected chi connectivity index (χ2v) is 8.07. The van der Waals surface area contributed by atoms with Gasteiger partial charge in [0, 0.05) is 18.4 Å². The van der Waals surface area contributed by atoms with Crippen LogP contribution in [0.25, 0.3) is 0 Å². The Balaban J connectivity index is 3.11. The average molecular weight is 347 g/mol. The van der Waals surface area contributed by atoms with Crippen LogP contribution in [0.1, 0.15) is 12.5 Å². The molecule has 7 heteroatoms. The first-order valence-electron chi connectivity index (χ1n) is 4.60. The fourth-order valence-electron chi connectivity index (χ4n) is 1.03. The highest BCUT2D eigenvalue weighted by molar-refractivity contribution is 9.09. The zero-order valence-electron chi connectivity index (χ0n) is 9.20. The summed E-state index contributed by atoms with van der Waals surface area (Å²) < 4.78 is 26.5. The Labute approximate surface area is 114 Å². The normalized spacial score (nSPS) is 14.4. The third-order valence-electron chi connectivity index (χ3n) is 2.31. The quantitative estimate of drug-likeness (QED) is 0.786. The molecule has 1 aromatic heterocycles. The number of nitrogens with zero attached hydrogens (tertiary/aromatic N) is 1. The first kappa shape index (κ1) is 14.4. The van der Waals surface area contributed by atoms with E-state index in [0.717, 1.165) is 16.9 Å². The lowest BCUT2D eigenvalue weighted by atomic mass is 10.4. The molecule has 1 rings (SSSR count). The third-order valence-corrected chi connectivity index (χ3v) is 7.23. The molecule has 0 aromatic carbocycles. The van der Waals surface area contributed by atoms with Gasteiger partial charge in [0.2, 0.25) is 0 Å². The average Bonchev–Trinajstić information content (AvgIpc) is 2.57. The van der Waals surface area contributed by atoms with Crippen LogP contribution in [0, 0.1) is 6.92 Å². The minimum Gasteiger partial charge on any atom is -0.206 e. The van der Waals surface area contributed by atoms with Crippen molar-refractivity contribution in [3.8, 4) is 0 Å². The molecule has 0 fully saturated rings. The Morgan fingerprint density at radius 3 is 2.56 bits per heavy atom. The molecule has 0 amide bonds. The summed E-state index contributed by atoms with van der Waals surface area (Å²) in [5.74, 6) is 0. The summed E-state index contributed by atoms with van der Waals surface area (Å²) in [7, 11) is -1.84. The van der Waals surface area contributed by atoms with Crippen molar-refractivity contribution in [2.24, 2.45) is 0 Å². The van der Waals surface area contributed by atoms with E-state index >= 15 is 0 Å². The molecule has 1 atom stereocenters. The van der Waals surface area contributed by atoms with Gasteiger partial charge in [0.1, 0.15) is 4.21 Å². The van der Waals surface area contributed by atoms with Crippen molar-refractivity contribution in [3.05, 3.63) is 16.0 Å². The topological polar surface area (TPSA) is 37.4 Å². The van der Waals surface area contributed by atoms with E-state index in [9.17, 15) is 8.42 Å². The summed E-state index contributed by atoms with van der Waals surface area (Å²) in [4.78, 5) is 0. The maximum Gasteiger partial charge on any atom is 0.252 e. The van der Waals surface area contributed by atoms with E-state index in [1.54, 1.807) is 20.0 Å². The Hall–Kier alpha value is 0.380. The number of rotatable bonds is 4. The smallest absolute Gasteiger partial charge is 0.206 e. The molecule has 1 heterocycles. The summed E-state index contributed by atoms with van der Waals surface area (Å²) in [6, 6.07) is 1.52. The van der Waals surface area contributed by atoms with Gasteiger partial charge in [-0.2, -0.15) is 4.31 Å². The Morgan fingerprint density at radius 1 is 1.62 bits per heavy atom. The van der Waals surface area contributed by atoms with Crippen LogP contribution in [0.5, 0.6) is 0 Å². The highest BCUT2D eigenvalue weighted by Crippen LogP contribution is 2.32. The zero-order chi connectivity index (χ0) is 12.5. The van der Waals surface area contributed by atoms with E-state index in [0.29, 0.717) is 13.9 Å². The molecular formula is C9H13BrClNO2S2. The van der Waals surface area contributed by atoms with Crippen molar-refractivity contribution in [1.82, 2.24) is 4.31 Å². The minimum atomic E-state index is -3.41. The summed E-state index contributed by atoms with van der Waals surface area (Å²) in [6.45, 7) is 3.64. The number of aryl methyl sites for hydroxylation is 1. The summed E-state index contributed by atoms with van der Waals surface area (Å²) in [5, 5.41) is 0.598. The lowest BCUT2D eigenvalue weighted by molar-refractivity contribution is 0.417. The van der Waals surface area contributed by atoms with E-state index in [1.165, 1.54) is 4.31 Å². The van der Waals surface area contributed by atoms with Crippen molar-refractivity contribution in [3.63, 3.8) is 0 Å². The number of hydrogen-bond donors (Lipinski definition) is 0. The van der Waals surface area contributed by atoms with E-state index in [-0.39, 0.29) is 6.04 Å². The molecule has 0 bridgehead atoms. The molecular weight excluding hydrogens is 334 g/mol. The summed E-state index contributed by atoms with van der Waals surface area (Å²) >= 11 is 10.2. The van der Waals surface area contributed by atoms with Crippen molar-refractivity contribution < 1.29 is 8.42 Å². The zero-order valence-corrected chi connectivity index (χ0v) is 13.2. The van der Waals surface area contributed by atoms with Gasteiger partial charge in [0.25, 0.3) is 10.0 Å². The first-order chi connectivity index (χ1) is 7.30. The second-order valence-electron chi connectivity index (χ2n) is 3.55. The van der Waals surface area contributed by atoms with Gasteiger partial charge < -0.3 is 0 Å². The number of halogens is 2. The van der Waals surface area contributed by atoms with Gasteiger partial charge in [-0.15, -0.1) is 11.3 Å². The van der Waals surface area contributed by atoms with E-state index in [4.69, 9.17) is 11.6 Å². The maximum absolute atomic E-state index is 12.2. The molecule has 0 spiro atoms. The molecule has 0 radical (unpaired) electrons. The van der Waals surface area contributed by atoms with Gasteiger partial charge in [0.05, 0.1) is 4.34 Å². The second kappa shape index (κ2) is 5.35. The van der Waals surface area contributed by atoms with Crippen LogP contribution in [0.4, 0.5) is 0 Å². The van der Waals surface area contributed by atoms with Crippen molar-refractivity contribution in [1.29, 1.82) is 0 Å². The van der Waals surface area contributed by atoms with Gasteiger partial charge in [-0.1, -0.05) is 27.5 Å². The molecule has 1 aromatic rings. The van der Waals surface area contributed by atoms with Crippen LogP contribution in [0.2, 0.25) is 4.34 Å². The Bertz CT molecular complexity index is 452. The van der Waals surface area contributed by atoms with Crippen LogP contribution < -0.4 is 0 Å². The van der Waals surface area contributed by atoms with Crippen LogP contribution >= 0.6 is 38.9 Å².